The summed E-state index contributed by atoms with van der Waals surface area (Å²) in [5.74, 6) is -0.752. The summed E-state index contributed by atoms with van der Waals surface area (Å²) in [6.45, 7) is 3.17. The van der Waals surface area contributed by atoms with E-state index in [0.29, 0.717) is 12.6 Å². The number of likely N-dealkylation sites (tertiary alicyclic amines) is 1. The zero-order valence-electron chi connectivity index (χ0n) is 9.02. The summed E-state index contributed by atoms with van der Waals surface area (Å²) in [4.78, 5) is 12.4. The van der Waals surface area contributed by atoms with Gasteiger partial charge in [0.15, 0.2) is 0 Å². The molecule has 3 N–H and O–H groups in total. The first-order valence-corrected chi connectivity index (χ1v) is 5.48. The van der Waals surface area contributed by atoms with Crippen LogP contribution in [0, 0.1) is 0 Å². The molecule has 5 heteroatoms. The predicted molar refractivity (Wildman–Crippen MR) is 56.7 cm³/mol. The number of piperidine rings is 1. The molecule has 0 saturated carbocycles. The Bertz CT molecular complexity index is 191. The fraction of sp³-hybridized carbons (Fsp3) is 0.900. The van der Waals surface area contributed by atoms with Gasteiger partial charge in [0, 0.05) is 19.7 Å². The van der Waals surface area contributed by atoms with Gasteiger partial charge in [-0.2, -0.15) is 0 Å². The van der Waals surface area contributed by atoms with Crippen LogP contribution in [0.25, 0.3) is 0 Å². The maximum Gasteiger partial charge on any atom is 0.317 e. The molecule has 1 aliphatic rings. The summed E-state index contributed by atoms with van der Waals surface area (Å²) < 4.78 is 5.62. The van der Waals surface area contributed by atoms with Crippen molar-refractivity contribution in [1.29, 1.82) is 0 Å². The topological polar surface area (TPSA) is 75.8 Å². The molecule has 0 aromatic rings. The lowest BCUT2D eigenvalue weighted by Gasteiger charge is -2.30. The maximum absolute atomic E-state index is 10.5. The number of hydrogen-bond acceptors (Lipinski definition) is 4. The van der Waals surface area contributed by atoms with Gasteiger partial charge in [-0.25, -0.2) is 0 Å². The van der Waals surface area contributed by atoms with Gasteiger partial charge in [0.05, 0.1) is 12.6 Å². The third-order valence-electron chi connectivity index (χ3n) is 2.60. The van der Waals surface area contributed by atoms with E-state index < -0.39 is 5.97 Å². The van der Waals surface area contributed by atoms with Crippen LogP contribution in [0.2, 0.25) is 0 Å². The first-order valence-electron chi connectivity index (χ1n) is 5.48. The van der Waals surface area contributed by atoms with Crippen LogP contribution in [-0.2, 0) is 9.53 Å². The molecule has 0 aliphatic carbocycles. The number of carboxylic acids is 1. The summed E-state index contributed by atoms with van der Waals surface area (Å²) in [6, 6.07) is 0. The molecular formula is C10H20N2O3. The van der Waals surface area contributed by atoms with Crippen molar-refractivity contribution in [3.63, 3.8) is 0 Å². The Labute approximate surface area is 90.2 Å². The summed E-state index contributed by atoms with van der Waals surface area (Å²) in [5.41, 5.74) is 5.37. The molecule has 1 fully saturated rings. The molecule has 5 nitrogen and oxygen atoms in total. The third-order valence-corrected chi connectivity index (χ3v) is 2.60. The lowest BCUT2D eigenvalue weighted by atomic mass is 10.1. The predicted octanol–water partition coefficient (Wildman–Crippen LogP) is -0.0992. The van der Waals surface area contributed by atoms with Crippen molar-refractivity contribution in [3.8, 4) is 0 Å². The molecule has 0 spiro atoms. The Morgan fingerprint density at radius 2 is 2.13 bits per heavy atom. The number of nitrogens with two attached hydrogens (primary N) is 1. The number of hydrogen-bond donors (Lipinski definition) is 2. The van der Waals surface area contributed by atoms with Crippen LogP contribution in [0.3, 0.4) is 0 Å². The maximum atomic E-state index is 10.5. The first-order chi connectivity index (χ1) is 7.22. The van der Waals surface area contributed by atoms with Crippen LogP contribution in [0.4, 0.5) is 0 Å². The van der Waals surface area contributed by atoms with Gasteiger partial charge in [-0.1, -0.05) is 0 Å². The second-order valence-corrected chi connectivity index (χ2v) is 3.88. The lowest BCUT2D eigenvalue weighted by molar-refractivity contribution is -0.139. The molecule has 0 radical (unpaired) electrons. The molecule has 15 heavy (non-hydrogen) atoms. The molecule has 1 heterocycles. The van der Waals surface area contributed by atoms with E-state index >= 15 is 0 Å². The minimum atomic E-state index is -0.752. The number of ether oxygens (including phenoxy) is 1. The quantitative estimate of drug-likeness (QED) is 0.606. The molecule has 0 unspecified atom stereocenters. The molecule has 0 amide bonds. The van der Waals surface area contributed by atoms with E-state index in [4.69, 9.17) is 15.6 Å². The van der Waals surface area contributed by atoms with Gasteiger partial charge in [-0.3, -0.25) is 9.69 Å². The summed E-state index contributed by atoms with van der Waals surface area (Å²) in [5, 5.41) is 8.62. The van der Waals surface area contributed by atoms with Crippen LogP contribution in [0.15, 0.2) is 0 Å². The zero-order valence-corrected chi connectivity index (χ0v) is 9.02. The Morgan fingerprint density at radius 1 is 1.47 bits per heavy atom. The van der Waals surface area contributed by atoms with Crippen LogP contribution < -0.4 is 5.73 Å². The molecule has 0 aromatic carbocycles. The van der Waals surface area contributed by atoms with E-state index in [1.165, 1.54) is 0 Å². The summed E-state index contributed by atoms with van der Waals surface area (Å²) in [7, 11) is 0. The van der Waals surface area contributed by atoms with Gasteiger partial charge in [-0.15, -0.1) is 0 Å². The van der Waals surface area contributed by atoms with Gasteiger partial charge < -0.3 is 15.6 Å². The molecule has 0 atom stereocenters. The van der Waals surface area contributed by atoms with Crippen LogP contribution in [0.1, 0.15) is 19.3 Å². The average molecular weight is 216 g/mol. The van der Waals surface area contributed by atoms with Crippen LogP contribution in [-0.4, -0.2) is 54.9 Å². The SMILES string of the molecule is NCCCOC1CCN(CC(=O)O)CC1. The number of nitrogens with zero attached hydrogens (tertiary/aromatic N) is 1. The smallest absolute Gasteiger partial charge is 0.317 e. The van der Waals surface area contributed by atoms with Crippen molar-refractivity contribution in [3.05, 3.63) is 0 Å². The Morgan fingerprint density at radius 3 is 2.67 bits per heavy atom. The van der Waals surface area contributed by atoms with E-state index in [2.05, 4.69) is 0 Å². The normalized spacial score (nSPS) is 19.3. The van der Waals surface area contributed by atoms with E-state index in [9.17, 15) is 4.79 Å². The standard InChI is InChI=1S/C10H20N2O3/c11-4-1-7-15-9-2-5-12(6-3-9)8-10(13)14/h9H,1-8,11H2,(H,13,14). The van der Waals surface area contributed by atoms with Crippen molar-refractivity contribution in [2.45, 2.75) is 25.4 Å². The van der Waals surface area contributed by atoms with Crippen LogP contribution >= 0.6 is 0 Å². The molecule has 0 bridgehead atoms. The highest BCUT2D eigenvalue weighted by Crippen LogP contribution is 2.13. The van der Waals surface area contributed by atoms with E-state index in [-0.39, 0.29) is 6.54 Å². The minimum Gasteiger partial charge on any atom is -0.480 e. The number of aliphatic carboxylic acids is 1. The first kappa shape index (κ1) is 12.4. The summed E-state index contributed by atoms with van der Waals surface area (Å²) >= 11 is 0. The Balaban J connectivity index is 2.10. The average Bonchev–Trinajstić information content (AvgIpc) is 2.20. The van der Waals surface area contributed by atoms with Crippen LogP contribution in [0.5, 0.6) is 0 Å². The number of carbonyl (C=O) groups is 1. The molecule has 1 aliphatic heterocycles. The van der Waals surface area contributed by atoms with E-state index in [1.807, 2.05) is 4.90 Å². The van der Waals surface area contributed by atoms with Crippen molar-refractivity contribution < 1.29 is 14.6 Å². The molecule has 0 aromatic heterocycles. The third kappa shape index (κ3) is 5.11. The van der Waals surface area contributed by atoms with Gasteiger partial charge >= 0.3 is 5.97 Å². The highest BCUT2D eigenvalue weighted by Gasteiger charge is 2.20. The summed E-state index contributed by atoms with van der Waals surface area (Å²) in [6.07, 6.45) is 3.05. The molecule has 1 saturated heterocycles. The van der Waals surface area contributed by atoms with Crippen molar-refractivity contribution >= 4 is 5.97 Å². The largest absolute Gasteiger partial charge is 0.480 e. The second-order valence-electron chi connectivity index (χ2n) is 3.88. The molecule has 1 rings (SSSR count). The van der Waals surface area contributed by atoms with Gasteiger partial charge in [0.2, 0.25) is 0 Å². The molecular weight excluding hydrogens is 196 g/mol. The van der Waals surface area contributed by atoms with Gasteiger partial charge in [0.1, 0.15) is 0 Å². The zero-order chi connectivity index (χ0) is 11.1. The van der Waals surface area contributed by atoms with E-state index in [0.717, 1.165) is 39.0 Å². The van der Waals surface area contributed by atoms with Crippen molar-refractivity contribution in [2.24, 2.45) is 5.73 Å². The van der Waals surface area contributed by atoms with Gasteiger partial charge in [0.25, 0.3) is 0 Å². The Hall–Kier alpha value is -0.650. The number of carboxylic acid groups (broad SMARTS) is 1. The monoisotopic (exact) mass is 216 g/mol. The van der Waals surface area contributed by atoms with Crippen molar-refractivity contribution in [1.82, 2.24) is 4.90 Å². The number of rotatable bonds is 6. The minimum absolute atomic E-state index is 0.148. The van der Waals surface area contributed by atoms with Crippen molar-refractivity contribution in [2.75, 3.05) is 32.8 Å². The fourth-order valence-corrected chi connectivity index (χ4v) is 1.76. The fourth-order valence-electron chi connectivity index (χ4n) is 1.76. The Kier molecular flexibility index (Phi) is 5.60. The second kappa shape index (κ2) is 6.76. The van der Waals surface area contributed by atoms with E-state index in [1.54, 1.807) is 0 Å². The molecule has 88 valence electrons. The van der Waals surface area contributed by atoms with Gasteiger partial charge in [-0.05, 0) is 25.8 Å². The highest BCUT2D eigenvalue weighted by molar-refractivity contribution is 5.69. The highest BCUT2D eigenvalue weighted by atomic mass is 16.5. The lowest BCUT2D eigenvalue weighted by Crippen LogP contribution is -2.39.